The van der Waals surface area contributed by atoms with Crippen LogP contribution in [0.25, 0.3) is 0 Å². The van der Waals surface area contributed by atoms with Crippen LogP contribution in [0.3, 0.4) is 0 Å². The van der Waals surface area contributed by atoms with Crippen molar-refractivity contribution in [1.29, 1.82) is 0 Å². The lowest BCUT2D eigenvalue weighted by molar-refractivity contribution is -0.125. The zero-order valence-electron chi connectivity index (χ0n) is 15.4. The Morgan fingerprint density at radius 2 is 1.55 bits per heavy atom. The Hall–Kier alpha value is -1.30. The Kier molecular flexibility index (Phi) is 6.88. The third kappa shape index (κ3) is 7.64. The highest BCUT2D eigenvalue weighted by Gasteiger charge is 2.30. The molecule has 0 aromatic carbocycles. The third-order valence-electron chi connectivity index (χ3n) is 3.17. The van der Waals surface area contributed by atoms with E-state index in [1.54, 1.807) is 18.7 Å². The first-order chi connectivity index (χ1) is 9.67. The largest absolute Gasteiger partial charge is 0.444 e. The van der Waals surface area contributed by atoms with E-state index in [9.17, 15) is 9.59 Å². The quantitative estimate of drug-likeness (QED) is 0.735. The van der Waals surface area contributed by atoms with Crippen LogP contribution in [0.1, 0.15) is 55.4 Å². The van der Waals surface area contributed by atoms with Gasteiger partial charge in [0.25, 0.3) is 0 Å². The Balaban J connectivity index is 4.59. The molecule has 0 rings (SSSR count). The number of hydrogen-bond acceptors (Lipinski definition) is 4. The van der Waals surface area contributed by atoms with Crippen LogP contribution < -0.4 is 11.1 Å². The summed E-state index contributed by atoms with van der Waals surface area (Å²) in [4.78, 5) is 25.3. The van der Waals surface area contributed by atoms with Crippen LogP contribution in [0, 0.1) is 5.41 Å². The first-order valence-corrected chi connectivity index (χ1v) is 7.68. The molecule has 22 heavy (non-hydrogen) atoms. The highest BCUT2D eigenvalue weighted by Crippen LogP contribution is 2.18. The van der Waals surface area contributed by atoms with Crippen molar-refractivity contribution in [3.05, 3.63) is 0 Å². The fourth-order valence-electron chi connectivity index (χ4n) is 1.70. The van der Waals surface area contributed by atoms with Gasteiger partial charge < -0.3 is 20.7 Å². The summed E-state index contributed by atoms with van der Waals surface area (Å²) in [5, 5.41) is 3.18. The molecule has 0 aliphatic carbocycles. The number of carbonyl (C=O) groups is 2. The normalized spacial score (nSPS) is 12.9. The average molecular weight is 315 g/mol. The molecular formula is C16H33N3O3. The molecule has 6 heteroatoms. The van der Waals surface area contributed by atoms with Crippen molar-refractivity contribution in [1.82, 2.24) is 10.2 Å². The molecule has 130 valence electrons. The van der Waals surface area contributed by atoms with E-state index in [0.29, 0.717) is 19.6 Å². The monoisotopic (exact) mass is 315 g/mol. The van der Waals surface area contributed by atoms with Crippen LogP contribution >= 0.6 is 0 Å². The van der Waals surface area contributed by atoms with Crippen molar-refractivity contribution in [3.63, 3.8) is 0 Å². The van der Waals surface area contributed by atoms with Gasteiger partial charge in [0.1, 0.15) is 5.60 Å². The van der Waals surface area contributed by atoms with E-state index in [4.69, 9.17) is 10.5 Å². The molecule has 0 unspecified atom stereocenters. The van der Waals surface area contributed by atoms with Gasteiger partial charge in [0.05, 0.1) is 5.41 Å². The van der Waals surface area contributed by atoms with E-state index in [1.165, 1.54) is 0 Å². The summed E-state index contributed by atoms with van der Waals surface area (Å²) >= 11 is 0. The Morgan fingerprint density at radius 1 is 1.05 bits per heavy atom. The highest BCUT2D eigenvalue weighted by molar-refractivity contribution is 5.80. The molecule has 0 atom stereocenters. The number of ether oxygens (including phenoxy) is 1. The third-order valence-corrected chi connectivity index (χ3v) is 3.17. The van der Waals surface area contributed by atoms with E-state index in [0.717, 1.165) is 0 Å². The van der Waals surface area contributed by atoms with Gasteiger partial charge in [-0.15, -0.1) is 0 Å². The number of nitrogens with one attached hydrogen (secondary N) is 1. The molecule has 0 spiro atoms. The van der Waals surface area contributed by atoms with Crippen LogP contribution in [0.2, 0.25) is 0 Å². The Morgan fingerprint density at radius 3 is 1.91 bits per heavy atom. The summed E-state index contributed by atoms with van der Waals surface area (Å²) in [5.74, 6) is -0.347. The number of primary amides is 1. The van der Waals surface area contributed by atoms with Gasteiger partial charge in [-0.3, -0.25) is 4.79 Å². The lowest BCUT2D eigenvalue weighted by Crippen LogP contribution is -2.51. The minimum atomic E-state index is -0.613. The summed E-state index contributed by atoms with van der Waals surface area (Å²) in [5.41, 5.74) is 3.85. The van der Waals surface area contributed by atoms with Crippen molar-refractivity contribution in [3.8, 4) is 0 Å². The standard InChI is InChI=1S/C16H33N3O3/c1-14(2,3)19(13(21)22-15(4,5)6)10-9-18-11-16(7,8)12(17)20/h18H,9-11H2,1-8H3,(H2,17,20). The predicted molar refractivity (Wildman–Crippen MR) is 88.5 cm³/mol. The summed E-state index contributed by atoms with van der Waals surface area (Å²) in [6, 6.07) is 0. The molecule has 6 nitrogen and oxygen atoms in total. The fraction of sp³-hybridized carbons (Fsp3) is 0.875. The van der Waals surface area contributed by atoms with Crippen molar-refractivity contribution in [2.45, 2.75) is 66.5 Å². The minimum absolute atomic E-state index is 0.337. The van der Waals surface area contributed by atoms with Crippen LogP contribution in [-0.2, 0) is 9.53 Å². The highest BCUT2D eigenvalue weighted by atomic mass is 16.6. The molecule has 0 fully saturated rings. The Bertz CT molecular complexity index is 392. The zero-order chi connectivity index (χ0) is 17.8. The van der Waals surface area contributed by atoms with E-state index in [1.807, 2.05) is 41.5 Å². The molecule has 0 aliphatic heterocycles. The lowest BCUT2D eigenvalue weighted by Gasteiger charge is -2.37. The van der Waals surface area contributed by atoms with Crippen molar-refractivity contribution in [2.75, 3.05) is 19.6 Å². The molecule has 3 N–H and O–H groups in total. The smallest absolute Gasteiger partial charge is 0.410 e. The van der Waals surface area contributed by atoms with Crippen LogP contribution in [0.5, 0.6) is 0 Å². The second kappa shape index (κ2) is 7.31. The van der Waals surface area contributed by atoms with E-state index in [2.05, 4.69) is 5.32 Å². The molecule has 0 aromatic rings. The SMILES string of the molecule is CC(C)(C)OC(=O)N(CCNCC(C)(C)C(N)=O)C(C)(C)C. The van der Waals surface area contributed by atoms with Crippen molar-refractivity contribution >= 4 is 12.0 Å². The average Bonchev–Trinajstić information content (AvgIpc) is 2.23. The number of amides is 2. The molecular weight excluding hydrogens is 282 g/mol. The lowest BCUT2D eigenvalue weighted by atomic mass is 9.93. The molecule has 0 aromatic heterocycles. The maximum atomic E-state index is 12.3. The topological polar surface area (TPSA) is 84.7 Å². The summed E-state index contributed by atoms with van der Waals surface area (Å²) < 4.78 is 5.45. The Labute approximate surface area is 134 Å². The van der Waals surface area contributed by atoms with Gasteiger partial charge in [0, 0.05) is 25.2 Å². The number of hydrogen-bond donors (Lipinski definition) is 2. The molecule has 0 heterocycles. The summed E-state index contributed by atoms with van der Waals surface area (Å²) in [6.45, 7) is 16.5. The van der Waals surface area contributed by atoms with Crippen LogP contribution in [0.15, 0.2) is 0 Å². The van der Waals surface area contributed by atoms with E-state index in [-0.39, 0.29) is 17.5 Å². The van der Waals surface area contributed by atoms with Gasteiger partial charge in [0.2, 0.25) is 5.91 Å². The molecule has 0 bridgehead atoms. The van der Waals surface area contributed by atoms with E-state index < -0.39 is 11.0 Å². The first kappa shape index (κ1) is 20.7. The van der Waals surface area contributed by atoms with Crippen molar-refractivity contribution < 1.29 is 14.3 Å². The van der Waals surface area contributed by atoms with Gasteiger partial charge in [-0.1, -0.05) is 0 Å². The molecule has 0 saturated carbocycles. The van der Waals surface area contributed by atoms with Gasteiger partial charge >= 0.3 is 6.09 Å². The summed E-state index contributed by atoms with van der Waals surface area (Å²) in [7, 11) is 0. The maximum absolute atomic E-state index is 12.3. The predicted octanol–water partition coefficient (Wildman–Crippen LogP) is 2.12. The minimum Gasteiger partial charge on any atom is -0.444 e. The van der Waals surface area contributed by atoms with Crippen molar-refractivity contribution in [2.24, 2.45) is 11.1 Å². The van der Waals surface area contributed by atoms with Crippen LogP contribution in [0.4, 0.5) is 4.79 Å². The fourth-order valence-corrected chi connectivity index (χ4v) is 1.70. The zero-order valence-corrected chi connectivity index (χ0v) is 15.4. The molecule has 2 amide bonds. The van der Waals surface area contributed by atoms with E-state index >= 15 is 0 Å². The number of carbonyl (C=O) groups excluding carboxylic acids is 2. The van der Waals surface area contributed by atoms with Gasteiger partial charge in [0.15, 0.2) is 0 Å². The number of nitrogens with zero attached hydrogens (tertiary/aromatic N) is 1. The van der Waals surface area contributed by atoms with Gasteiger partial charge in [-0.25, -0.2) is 4.79 Å². The molecule has 0 saturated heterocycles. The van der Waals surface area contributed by atoms with Gasteiger partial charge in [-0.05, 0) is 55.4 Å². The second-order valence-electron chi connectivity index (χ2n) is 8.23. The van der Waals surface area contributed by atoms with Crippen LogP contribution in [-0.4, -0.2) is 47.7 Å². The second-order valence-corrected chi connectivity index (χ2v) is 8.23. The van der Waals surface area contributed by atoms with Gasteiger partial charge in [-0.2, -0.15) is 0 Å². The maximum Gasteiger partial charge on any atom is 0.410 e. The summed E-state index contributed by atoms with van der Waals surface area (Å²) in [6.07, 6.45) is -0.337. The molecule has 0 radical (unpaired) electrons. The number of rotatable bonds is 6. The number of nitrogens with two attached hydrogens (primary N) is 1. The molecule has 0 aliphatic rings. The first-order valence-electron chi connectivity index (χ1n) is 7.68.